The molecule has 84 valence electrons. The van der Waals surface area contributed by atoms with Gasteiger partial charge in [0.1, 0.15) is 12.1 Å². The molecule has 0 unspecified atom stereocenters. The molecule has 0 aliphatic heterocycles. The number of hydrazone groups is 1. The maximum absolute atomic E-state index is 5.09. The summed E-state index contributed by atoms with van der Waals surface area (Å²) in [5.74, 6) is 1.27. The Morgan fingerprint density at radius 1 is 1.35 bits per heavy atom. The van der Waals surface area contributed by atoms with Crippen LogP contribution in [0, 0.1) is 0 Å². The lowest BCUT2D eigenvalue weighted by Crippen LogP contribution is -1.97. The third kappa shape index (κ3) is 1.98. The summed E-state index contributed by atoms with van der Waals surface area (Å²) in [6.45, 7) is 0. The van der Waals surface area contributed by atoms with E-state index in [9.17, 15) is 0 Å². The Morgan fingerprint density at radius 3 is 3.24 bits per heavy atom. The zero-order valence-corrected chi connectivity index (χ0v) is 8.69. The summed E-state index contributed by atoms with van der Waals surface area (Å²) in [6.07, 6.45) is 4.68. The quantitative estimate of drug-likeness (QED) is 0.537. The Kier molecular flexibility index (Phi) is 2.27. The average molecular weight is 228 g/mol. The molecule has 3 aromatic rings. The van der Waals surface area contributed by atoms with E-state index in [1.54, 1.807) is 35.2 Å². The second-order valence-corrected chi connectivity index (χ2v) is 3.24. The second kappa shape index (κ2) is 4.05. The fourth-order valence-corrected chi connectivity index (χ4v) is 1.31. The van der Waals surface area contributed by atoms with Gasteiger partial charge in [0, 0.05) is 0 Å². The third-order valence-electron chi connectivity index (χ3n) is 2.08. The highest BCUT2D eigenvalue weighted by atomic mass is 16.3. The highest BCUT2D eigenvalue weighted by molar-refractivity contribution is 5.76. The monoisotopic (exact) mass is 228 g/mol. The highest BCUT2D eigenvalue weighted by Gasteiger charge is 1.97. The Labute approximate surface area is 95.8 Å². The third-order valence-corrected chi connectivity index (χ3v) is 2.08. The minimum atomic E-state index is 0.597. The standard InChI is InChI=1S/C10H8N6O/c1-2-8(17-5-1)6-11-13-9-3-4-10-14-12-7-16(10)15-9/h1-7H,(H,13,15). The molecule has 0 aromatic carbocycles. The summed E-state index contributed by atoms with van der Waals surface area (Å²) >= 11 is 0. The van der Waals surface area contributed by atoms with Crippen LogP contribution in [0.3, 0.4) is 0 Å². The minimum absolute atomic E-state index is 0.597. The summed E-state index contributed by atoms with van der Waals surface area (Å²) in [5.41, 5.74) is 3.47. The van der Waals surface area contributed by atoms with E-state index in [-0.39, 0.29) is 0 Å². The summed E-state index contributed by atoms with van der Waals surface area (Å²) in [6, 6.07) is 7.17. The van der Waals surface area contributed by atoms with Gasteiger partial charge in [-0.25, -0.2) is 0 Å². The van der Waals surface area contributed by atoms with Crippen LogP contribution >= 0.6 is 0 Å². The lowest BCUT2D eigenvalue weighted by Gasteiger charge is -1.98. The highest BCUT2D eigenvalue weighted by Crippen LogP contribution is 2.04. The van der Waals surface area contributed by atoms with Crippen LogP contribution < -0.4 is 5.43 Å². The van der Waals surface area contributed by atoms with Crippen LogP contribution in [0.4, 0.5) is 5.82 Å². The zero-order chi connectivity index (χ0) is 11.5. The van der Waals surface area contributed by atoms with E-state index in [1.807, 2.05) is 6.07 Å². The van der Waals surface area contributed by atoms with E-state index in [1.165, 1.54) is 6.33 Å². The Bertz CT molecular complexity index is 642. The van der Waals surface area contributed by atoms with Crippen LogP contribution in [0.2, 0.25) is 0 Å². The number of aromatic nitrogens is 4. The molecule has 0 fully saturated rings. The van der Waals surface area contributed by atoms with Gasteiger partial charge >= 0.3 is 0 Å². The van der Waals surface area contributed by atoms with Crippen LogP contribution in [0.15, 0.2) is 46.4 Å². The molecule has 0 radical (unpaired) electrons. The van der Waals surface area contributed by atoms with Crippen LogP contribution in [-0.4, -0.2) is 26.0 Å². The molecule has 0 aliphatic carbocycles. The number of hydrogen-bond acceptors (Lipinski definition) is 6. The van der Waals surface area contributed by atoms with Gasteiger partial charge in [0.15, 0.2) is 11.5 Å². The average Bonchev–Trinajstić information content (AvgIpc) is 2.98. The summed E-state index contributed by atoms with van der Waals surface area (Å²) < 4.78 is 6.65. The van der Waals surface area contributed by atoms with Gasteiger partial charge in [0.25, 0.3) is 0 Å². The van der Waals surface area contributed by atoms with Crippen molar-refractivity contribution in [2.75, 3.05) is 5.43 Å². The van der Waals surface area contributed by atoms with Gasteiger partial charge in [0.05, 0.1) is 12.5 Å². The number of nitrogens with one attached hydrogen (secondary N) is 1. The van der Waals surface area contributed by atoms with Crippen LogP contribution in [-0.2, 0) is 0 Å². The Balaban J connectivity index is 1.76. The van der Waals surface area contributed by atoms with Gasteiger partial charge in [-0.3, -0.25) is 5.43 Å². The van der Waals surface area contributed by atoms with E-state index in [0.29, 0.717) is 17.2 Å². The molecule has 3 aromatic heterocycles. The predicted octanol–water partition coefficient (Wildman–Crippen LogP) is 1.16. The molecule has 0 aliphatic rings. The molecule has 7 heteroatoms. The Hall–Kier alpha value is -2.70. The fraction of sp³-hybridized carbons (Fsp3) is 0. The van der Waals surface area contributed by atoms with Gasteiger partial charge in [-0.2, -0.15) is 9.62 Å². The Morgan fingerprint density at radius 2 is 2.35 bits per heavy atom. The largest absolute Gasteiger partial charge is 0.463 e. The second-order valence-electron chi connectivity index (χ2n) is 3.24. The topological polar surface area (TPSA) is 80.6 Å². The molecule has 3 rings (SSSR count). The van der Waals surface area contributed by atoms with E-state index in [2.05, 4.69) is 25.8 Å². The molecule has 0 saturated heterocycles. The molecular formula is C10H8N6O. The molecule has 7 nitrogen and oxygen atoms in total. The van der Waals surface area contributed by atoms with Gasteiger partial charge in [0.2, 0.25) is 0 Å². The molecular weight excluding hydrogens is 220 g/mol. The molecule has 0 saturated carbocycles. The molecule has 0 bridgehead atoms. The van der Waals surface area contributed by atoms with Crippen molar-refractivity contribution in [1.29, 1.82) is 0 Å². The van der Waals surface area contributed by atoms with Crippen molar-refractivity contribution in [2.45, 2.75) is 0 Å². The van der Waals surface area contributed by atoms with Crippen LogP contribution in [0.1, 0.15) is 5.76 Å². The first-order valence-electron chi connectivity index (χ1n) is 4.91. The summed E-state index contributed by atoms with van der Waals surface area (Å²) in [4.78, 5) is 0. The summed E-state index contributed by atoms with van der Waals surface area (Å²) in [7, 11) is 0. The number of nitrogens with zero attached hydrogens (tertiary/aromatic N) is 5. The van der Waals surface area contributed by atoms with Crippen molar-refractivity contribution in [2.24, 2.45) is 5.10 Å². The van der Waals surface area contributed by atoms with Crippen molar-refractivity contribution < 1.29 is 4.42 Å². The van der Waals surface area contributed by atoms with Gasteiger partial charge < -0.3 is 4.42 Å². The predicted molar refractivity (Wildman–Crippen MR) is 60.7 cm³/mol. The zero-order valence-electron chi connectivity index (χ0n) is 8.69. The van der Waals surface area contributed by atoms with Crippen molar-refractivity contribution in [3.8, 4) is 0 Å². The smallest absolute Gasteiger partial charge is 0.177 e. The number of anilines is 1. The summed E-state index contributed by atoms with van der Waals surface area (Å²) in [5, 5.41) is 15.8. The number of rotatable bonds is 3. The van der Waals surface area contributed by atoms with Gasteiger partial charge in [-0.15, -0.1) is 15.3 Å². The first-order chi connectivity index (χ1) is 8.42. The lowest BCUT2D eigenvalue weighted by atomic mass is 10.5. The fourth-order valence-electron chi connectivity index (χ4n) is 1.31. The molecule has 1 N–H and O–H groups in total. The van der Waals surface area contributed by atoms with Gasteiger partial charge in [-0.1, -0.05) is 0 Å². The van der Waals surface area contributed by atoms with Crippen molar-refractivity contribution in [3.05, 3.63) is 42.6 Å². The first kappa shape index (κ1) is 9.52. The maximum Gasteiger partial charge on any atom is 0.177 e. The lowest BCUT2D eigenvalue weighted by molar-refractivity contribution is 0.560. The van der Waals surface area contributed by atoms with Crippen LogP contribution in [0.5, 0.6) is 0 Å². The number of furan rings is 1. The SMILES string of the molecule is C(=NNc1ccc2nncn2n1)c1ccco1. The number of fused-ring (bicyclic) bond motifs is 1. The van der Waals surface area contributed by atoms with E-state index in [4.69, 9.17) is 4.42 Å². The van der Waals surface area contributed by atoms with Crippen molar-refractivity contribution in [3.63, 3.8) is 0 Å². The maximum atomic E-state index is 5.09. The van der Waals surface area contributed by atoms with Crippen molar-refractivity contribution >= 4 is 17.7 Å². The molecule has 17 heavy (non-hydrogen) atoms. The molecule has 3 heterocycles. The van der Waals surface area contributed by atoms with E-state index in [0.717, 1.165) is 0 Å². The normalized spacial score (nSPS) is 11.3. The van der Waals surface area contributed by atoms with Crippen molar-refractivity contribution in [1.82, 2.24) is 19.8 Å². The van der Waals surface area contributed by atoms with E-state index >= 15 is 0 Å². The molecule has 0 spiro atoms. The number of hydrogen-bond donors (Lipinski definition) is 1. The van der Waals surface area contributed by atoms with Gasteiger partial charge in [-0.05, 0) is 24.3 Å². The van der Waals surface area contributed by atoms with E-state index < -0.39 is 0 Å². The molecule has 0 amide bonds. The minimum Gasteiger partial charge on any atom is -0.463 e. The van der Waals surface area contributed by atoms with Crippen LogP contribution in [0.25, 0.3) is 5.65 Å². The first-order valence-corrected chi connectivity index (χ1v) is 4.91. The molecule has 0 atom stereocenters.